The van der Waals surface area contributed by atoms with Crippen LogP contribution < -0.4 is 10.6 Å². The van der Waals surface area contributed by atoms with Gasteiger partial charge in [0, 0.05) is 11.3 Å². The van der Waals surface area contributed by atoms with Crippen LogP contribution in [0.15, 0.2) is 48.5 Å². The Morgan fingerprint density at radius 3 is 2.17 bits per heavy atom. The fourth-order valence-electron chi connectivity index (χ4n) is 2.29. The van der Waals surface area contributed by atoms with Crippen LogP contribution in [0.2, 0.25) is 0 Å². The Labute approximate surface area is 143 Å². The average Bonchev–Trinajstić information content (AvgIpc) is 2.54. The van der Waals surface area contributed by atoms with Gasteiger partial charge in [-0.15, -0.1) is 0 Å². The molecule has 126 valence electrons. The summed E-state index contributed by atoms with van der Waals surface area (Å²) in [4.78, 5) is 24.1. The Hall–Kier alpha value is -2.62. The fraction of sp³-hybridized carbons (Fsp3) is 0.300. The number of anilines is 1. The topological polar surface area (TPSA) is 58.2 Å². The molecule has 24 heavy (non-hydrogen) atoms. The SMILES string of the molecule is Cc1ccccc1NC(=O)CNC(=O)c1ccc(C(C)(C)C)cc1. The first-order valence-electron chi connectivity index (χ1n) is 8.01. The molecule has 0 aliphatic rings. The van der Waals surface area contributed by atoms with Crippen molar-refractivity contribution in [3.05, 3.63) is 65.2 Å². The summed E-state index contributed by atoms with van der Waals surface area (Å²) in [5, 5.41) is 5.44. The largest absolute Gasteiger partial charge is 0.343 e. The molecule has 0 saturated heterocycles. The minimum Gasteiger partial charge on any atom is -0.343 e. The third-order valence-corrected chi connectivity index (χ3v) is 3.84. The number of para-hydroxylation sites is 1. The molecule has 0 saturated carbocycles. The normalized spacial score (nSPS) is 11.0. The lowest BCUT2D eigenvalue weighted by Crippen LogP contribution is -2.33. The molecule has 0 heterocycles. The van der Waals surface area contributed by atoms with E-state index in [1.165, 1.54) is 0 Å². The fourth-order valence-corrected chi connectivity index (χ4v) is 2.29. The van der Waals surface area contributed by atoms with Crippen molar-refractivity contribution in [3.8, 4) is 0 Å². The van der Waals surface area contributed by atoms with Gasteiger partial charge in [0.1, 0.15) is 0 Å². The molecule has 0 fully saturated rings. The van der Waals surface area contributed by atoms with Gasteiger partial charge >= 0.3 is 0 Å². The second-order valence-corrected chi connectivity index (χ2v) is 6.87. The lowest BCUT2D eigenvalue weighted by molar-refractivity contribution is -0.115. The van der Waals surface area contributed by atoms with Crippen LogP contribution in [0.4, 0.5) is 5.69 Å². The minimum absolute atomic E-state index is 0.0441. The molecule has 2 aromatic rings. The summed E-state index contributed by atoms with van der Waals surface area (Å²) in [5.41, 5.74) is 3.49. The first-order chi connectivity index (χ1) is 11.3. The second kappa shape index (κ2) is 7.30. The summed E-state index contributed by atoms with van der Waals surface area (Å²) in [6, 6.07) is 15.0. The number of aryl methyl sites for hydroxylation is 1. The highest BCUT2D eigenvalue weighted by Crippen LogP contribution is 2.22. The van der Waals surface area contributed by atoms with E-state index in [4.69, 9.17) is 0 Å². The maximum absolute atomic E-state index is 12.1. The van der Waals surface area contributed by atoms with Gasteiger partial charge < -0.3 is 10.6 Å². The van der Waals surface area contributed by atoms with E-state index < -0.39 is 0 Å². The maximum Gasteiger partial charge on any atom is 0.251 e. The Kier molecular flexibility index (Phi) is 5.39. The van der Waals surface area contributed by atoms with Crippen LogP contribution in [-0.4, -0.2) is 18.4 Å². The molecule has 0 aliphatic heterocycles. The van der Waals surface area contributed by atoms with Gasteiger partial charge in [0.15, 0.2) is 0 Å². The number of nitrogens with one attached hydrogen (secondary N) is 2. The zero-order chi connectivity index (χ0) is 17.7. The quantitative estimate of drug-likeness (QED) is 0.901. The van der Waals surface area contributed by atoms with Gasteiger partial charge in [0.25, 0.3) is 5.91 Å². The predicted octanol–water partition coefficient (Wildman–Crippen LogP) is 3.66. The van der Waals surface area contributed by atoms with Crippen LogP contribution in [0, 0.1) is 6.92 Å². The van der Waals surface area contributed by atoms with E-state index in [-0.39, 0.29) is 23.8 Å². The first-order valence-corrected chi connectivity index (χ1v) is 8.01. The number of hydrogen-bond donors (Lipinski definition) is 2. The van der Waals surface area contributed by atoms with Gasteiger partial charge in [0.2, 0.25) is 5.91 Å². The molecular formula is C20H24N2O2. The Bertz CT molecular complexity index is 728. The predicted molar refractivity (Wildman–Crippen MR) is 97.3 cm³/mol. The number of carbonyl (C=O) groups is 2. The molecule has 2 N–H and O–H groups in total. The summed E-state index contributed by atoms with van der Waals surface area (Å²) in [6.45, 7) is 8.23. The Balaban J connectivity index is 1.91. The number of rotatable bonds is 4. The number of amides is 2. The van der Waals surface area contributed by atoms with Crippen LogP contribution in [0.5, 0.6) is 0 Å². The zero-order valence-corrected chi connectivity index (χ0v) is 14.6. The van der Waals surface area contributed by atoms with Crippen LogP contribution >= 0.6 is 0 Å². The maximum atomic E-state index is 12.1. The van der Waals surface area contributed by atoms with Gasteiger partial charge in [-0.1, -0.05) is 51.1 Å². The monoisotopic (exact) mass is 324 g/mol. The molecule has 0 radical (unpaired) electrons. The Morgan fingerprint density at radius 1 is 0.958 bits per heavy atom. The van der Waals surface area contributed by atoms with Gasteiger partial charge in [-0.3, -0.25) is 9.59 Å². The Morgan fingerprint density at radius 2 is 1.58 bits per heavy atom. The van der Waals surface area contributed by atoms with Crippen molar-refractivity contribution >= 4 is 17.5 Å². The highest BCUT2D eigenvalue weighted by atomic mass is 16.2. The molecule has 0 aliphatic carbocycles. The van der Waals surface area contributed by atoms with Gasteiger partial charge in [0.05, 0.1) is 6.54 Å². The highest BCUT2D eigenvalue weighted by molar-refractivity contribution is 5.99. The van der Waals surface area contributed by atoms with E-state index in [1.54, 1.807) is 12.1 Å². The van der Waals surface area contributed by atoms with Crippen molar-refractivity contribution in [2.75, 3.05) is 11.9 Å². The molecule has 2 aromatic carbocycles. The summed E-state index contributed by atoms with van der Waals surface area (Å²) >= 11 is 0. The van der Waals surface area contributed by atoms with Crippen LogP contribution in [0.3, 0.4) is 0 Å². The molecular weight excluding hydrogens is 300 g/mol. The third-order valence-electron chi connectivity index (χ3n) is 3.84. The summed E-state index contributed by atoms with van der Waals surface area (Å²) < 4.78 is 0. The lowest BCUT2D eigenvalue weighted by atomic mass is 9.87. The van der Waals surface area contributed by atoms with Gasteiger partial charge in [-0.2, -0.15) is 0 Å². The molecule has 2 rings (SSSR count). The molecule has 2 amide bonds. The summed E-state index contributed by atoms with van der Waals surface area (Å²) in [7, 11) is 0. The first kappa shape index (κ1) is 17.7. The van der Waals surface area contributed by atoms with Crippen molar-refractivity contribution in [2.24, 2.45) is 0 Å². The van der Waals surface area contributed by atoms with E-state index in [1.807, 2.05) is 43.3 Å². The number of hydrogen-bond acceptors (Lipinski definition) is 2. The van der Waals surface area contributed by atoms with Crippen molar-refractivity contribution in [1.82, 2.24) is 5.32 Å². The summed E-state index contributed by atoms with van der Waals surface area (Å²) in [6.07, 6.45) is 0. The highest BCUT2D eigenvalue weighted by Gasteiger charge is 2.14. The smallest absolute Gasteiger partial charge is 0.251 e. The third kappa shape index (κ3) is 4.69. The van der Waals surface area contributed by atoms with E-state index in [2.05, 4.69) is 31.4 Å². The molecule has 4 heteroatoms. The van der Waals surface area contributed by atoms with E-state index in [9.17, 15) is 9.59 Å². The van der Waals surface area contributed by atoms with Crippen LogP contribution in [-0.2, 0) is 10.2 Å². The number of carbonyl (C=O) groups excluding carboxylic acids is 2. The minimum atomic E-state index is -0.254. The second-order valence-electron chi connectivity index (χ2n) is 6.87. The van der Waals surface area contributed by atoms with E-state index in [0.717, 1.165) is 16.8 Å². The van der Waals surface area contributed by atoms with Crippen LogP contribution in [0.25, 0.3) is 0 Å². The van der Waals surface area contributed by atoms with Crippen molar-refractivity contribution in [3.63, 3.8) is 0 Å². The molecule has 0 unspecified atom stereocenters. The van der Waals surface area contributed by atoms with E-state index >= 15 is 0 Å². The molecule has 0 atom stereocenters. The van der Waals surface area contributed by atoms with Crippen molar-refractivity contribution in [1.29, 1.82) is 0 Å². The molecule has 0 bridgehead atoms. The number of benzene rings is 2. The lowest BCUT2D eigenvalue weighted by Gasteiger charge is -2.19. The van der Waals surface area contributed by atoms with Crippen molar-refractivity contribution < 1.29 is 9.59 Å². The summed E-state index contributed by atoms with van der Waals surface area (Å²) in [5.74, 6) is -0.501. The zero-order valence-electron chi connectivity index (χ0n) is 14.6. The molecule has 0 spiro atoms. The average molecular weight is 324 g/mol. The van der Waals surface area contributed by atoms with Gasteiger partial charge in [-0.25, -0.2) is 0 Å². The van der Waals surface area contributed by atoms with Crippen molar-refractivity contribution in [2.45, 2.75) is 33.1 Å². The van der Waals surface area contributed by atoms with Crippen LogP contribution in [0.1, 0.15) is 42.3 Å². The molecule has 4 nitrogen and oxygen atoms in total. The van der Waals surface area contributed by atoms with Gasteiger partial charge in [-0.05, 0) is 41.7 Å². The van der Waals surface area contributed by atoms with E-state index in [0.29, 0.717) is 5.56 Å². The standard InChI is InChI=1S/C20H24N2O2/c1-14-7-5-6-8-17(14)22-18(23)13-21-19(24)15-9-11-16(12-10-15)20(2,3)4/h5-12H,13H2,1-4H3,(H,21,24)(H,22,23). The molecule has 0 aromatic heterocycles.